The van der Waals surface area contributed by atoms with Crippen molar-refractivity contribution in [1.82, 2.24) is 15.3 Å². The summed E-state index contributed by atoms with van der Waals surface area (Å²) in [6.45, 7) is 8.08. The molecule has 0 fully saturated rings. The molecule has 0 saturated heterocycles. The van der Waals surface area contributed by atoms with E-state index in [0.29, 0.717) is 5.92 Å². The molecule has 1 unspecified atom stereocenters. The molecule has 0 spiro atoms. The van der Waals surface area contributed by atoms with Gasteiger partial charge in [0.1, 0.15) is 11.6 Å². The van der Waals surface area contributed by atoms with Gasteiger partial charge in [-0.1, -0.05) is 26.0 Å². The van der Waals surface area contributed by atoms with Crippen LogP contribution in [0.2, 0.25) is 0 Å². The van der Waals surface area contributed by atoms with Crippen LogP contribution < -0.4 is 10.1 Å². The van der Waals surface area contributed by atoms with E-state index in [1.54, 1.807) is 6.20 Å². The van der Waals surface area contributed by atoms with E-state index < -0.39 is 0 Å². The van der Waals surface area contributed by atoms with Crippen molar-refractivity contribution in [2.24, 2.45) is 5.92 Å². The molecule has 0 aliphatic carbocycles. The number of ether oxygens (including phenoxy) is 1. The van der Waals surface area contributed by atoms with Gasteiger partial charge in [0.2, 0.25) is 0 Å². The Morgan fingerprint density at radius 2 is 1.95 bits per heavy atom. The normalized spacial score (nSPS) is 12.6. The fraction of sp³-hybridized carbons (Fsp3) is 0.471. The number of hydrogen-bond donors (Lipinski definition) is 2. The molecule has 1 heterocycles. The highest BCUT2D eigenvalue weighted by molar-refractivity contribution is 5.28. The lowest BCUT2D eigenvalue weighted by Crippen LogP contribution is -2.18. The SMILES string of the molecule is CC(C)CCOc1ccc(C(C)NCc2ncc[nH]2)cc1. The second-order valence-electron chi connectivity index (χ2n) is 5.74. The molecule has 1 aromatic heterocycles. The first-order valence-electron chi connectivity index (χ1n) is 7.59. The molecule has 0 aliphatic rings. The molecule has 21 heavy (non-hydrogen) atoms. The number of aromatic nitrogens is 2. The van der Waals surface area contributed by atoms with Crippen LogP contribution in [0.1, 0.15) is 44.6 Å². The number of benzene rings is 1. The molecule has 0 aliphatic heterocycles. The van der Waals surface area contributed by atoms with Gasteiger partial charge in [-0.2, -0.15) is 0 Å². The molecule has 1 aromatic carbocycles. The van der Waals surface area contributed by atoms with Gasteiger partial charge in [-0.15, -0.1) is 0 Å². The highest BCUT2D eigenvalue weighted by Gasteiger charge is 2.06. The van der Waals surface area contributed by atoms with E-state index in [1.807, 2.05) is 18.3 Å². The molecule has 0 radical (unpaired) electrons. The van der Waals surface area contributed by atoms with Gasteiger partial charge in [0, 0.05) is 18.4 Å². The second kappa shape index (κ2) is 7.84. The second-order valence-corrected chi connectivity index (χ2v) is 5.74. The molecule has 2 aromatic rings. The van der Waals surface area contributed by atoms with Gasteiger partial charge < -0.3 is 15.0 Å². The lowest BCUT2D eigenvalue weighted by Gasteiger charge is -2.14. The average Bonchev–Trinajstić information content (AvgIpc) is 2.98. The zero-order chi connectivity index (χ0) is 15.1. The minimum Gasteiger partial charge on any atom is -0.494 e. The molecule has 2 N–H and O–H groups in total. The Labute approximate surface area is 127 Å². The van der Waals surface area contributed by atoms with Gasteiger partial charge >= 0.3 is 0 Å². The van der Waals surface area contributed by atoms with Crippen LogP contribution >= 0.6 is 0 Å². The number of hydrogen-bond acceptors (Lipinski definition) is 3. The van der Waals surface area contributed by atoms with Crippen LogP contribution in [0.5, 0.6) is 5.75 Å². The molecule has 114 valence electrons. The summed E-state index contributed by atoms with van der Waals surface area (Å²) < 4.78 is 5.74. The van der Waals surface area contributed by atoms with Crippen LogP contribution in [0.3, 0.4) is 0 Å². The van der Waals surface area contributed by atoms with Crippen molar-refractivity contribution in [3.8, 4) is 5.75 Å². The standard InChI is InChI=1S/C17H25N3O/c1-13(2)8-11-21-16-6-4-15(5-7-16)14(3)20-12-17-18-9-10-19-17/h4-7,9-10,13-14,20H,8,11-12H2,1-3H3,(H,18,19). The van der Waals surface area contributed by atoms with Crippen molar-refractivity contribution >= 4 is 0 Å². The summed E-state index contributed by atoms with van der Waals surface area (Å²) in [5.74, 6) is 2.57. The first-order chi connectivity index (χ1) is 10.1. The third kappa shape index (κ3) is 5.23. The molecular formula is C17H25N3O. The topological polar surface area (TPSA) is 49.9 Å². The Bertz CT molecular complexity index is 505. The van der Waals surface area contributed by atoms with E-state index in [0.717, 1.165) is 31.1 Å². The third-order valence-electron chi connectivity index (χ3n) is 3.47. The van der Waals surface area contributed by atoms with Crippen LogP contribution in [0.4, 0.5) is 0 Å². The lowest BCUT2D eigenvalue weighted by atomic mass is 10.1. The smallest absolute Gasteiger partial charge is 0.120 e. The Morgan fingerprint density at radius 1 is 1.19 bits per heavy atom. The minimum atomic E-state index is 0.278. The number of nitrogens with one attached hydrogen (secondary N) is 2. The maximum atomic E-state index is 5.74. The maximum absolute atomic E-state index is 5.74. The Morgan fingerprint density at radius 3 is 2.57 bits per heavy atom. The van der Waals surface area contributed by atoms with E-state index in [4.69, 9.17) is 4.74 Å². The number of imidazole rings is 1. The van der Waals surface area contributed by atoms with E-state index in [9.17, 15) is 0 Å². The maximum Gasteiger partial charge on any atom is 0.120 e. The Balaban J connectivity index is 1.80. The van der Waals surface area contributed by atoms with Gasteiger partial charge in [0.05, 0.1) is 13.2 Å². The Hall–Kier alpha value is -1.81. The minimum absolute atomic E-state index is 0.278. The summed E-state index contributed by atoms with van der Waals surface area (Å²) >= 11 is 0. The first-order valence-corrected chi connectivity index (χ1v) is 7.59. The van der Waals surface area contributed by atoms with Crippen molar-refractivity contribution in [1.29, 1.82) is 0 Å². The van der Waals surface area contributed by atoms with Crippen molar-refractivity contribution in [2.45, 2.75) is 39.8 Å². The fourth-order valence-corrected chi connectivity index (χ4v) is 2.03. The quantitative estimate of drug-likeness (QED) is 0.778. The van der Waals surface area contributed by atoms with Gasteiger partial charge in [0.15, 0.2) is 0 Å². The van der Waals surface area contributed by atoms with Gasteiger partial charge in [-0.05, 0) is 37.0 Å². The average molecular weight is 287 g/mol. The summed E-state index contributed by atoms with van der Waals surface area (Å²) in [7, 11) is 0. The number of H-pyrrole nitrogens is 1. The number of aromatic amines is 1. The summed E-state index contributed by atoms with van der Waals surface area (Å²) in [5.41, 5.74) is 1.25. The zero-order valence-electron chi connectivity index (χ0n) is 13.1. The summed E-state index contributed by atoms with van der Waals surface area (Å²) in [6.07, 6.45) is 4.69. The molecule has 0 amide bonds. The monoisotopic (exact) mass is 287 g/mol. The van der Waals surface area contributed by atoms with Crippen molar-refractivity contribution in [3.05, 3.63) is 48.0 Å². The predicted molar refractivity (Wildman–Crippen MR) is 85.2 cm³/mol. The number of nitrogens with zero attached hydrogens (tertiary/aromatic N) is 1. The largest absolute Gasteiger partial charge is 0.494 e. The highest BCUT2D eigenvalue weighted by atomic mass is 16.5. The lowest BCUT2D eigenvalue weighted by molar-refractivity contribution is 0.289. The van der Waals surface area contributed by atoms with E-state index in [-0.39, 0.29) is 6.04 Å². The molecule has 2 rings (SSSR count). The van der Waals surface area contributed by atoms with E-state index in [2.05, 4.69) is 48.2 Å². The third-order valence-corrected chi connectivity index (χ3v) is 3.47. The molecule has 4 nitrogen and oxygen atoms in total. The van der Waals surface area contributed by atoms with Crippen molar-refractivity contribution in [2.75, 3.05) is 6.61 Å². The highest BCUT2D eigenvalue weighted by Crippen LogP contribution is 2.18. The van der Waals surface area contributed by atoms with Crippen LogP contribution in [0.15, 0.2) is 36.7 Å². The van der Waals surface area contributed by atoms with E-state index >= 15 is 0 Å². The first kappa shape index (κ1) is 15.6. The summed E-state index contributed by atoms with van der Waals surface area (Å²) in [6, 6.07) is 8.59. The number of rotatable bonds is 8. The fourth-order valence-electron chi connectivity index (χ4n) is 2.03. The molecule has 0 saturated carbocycles. The summed E-state index contributed by atoms with van der Waals surface area (Å²) in [5, 5.41) is 3.44. The molecule has 4 heteroatoms. The predicted octanol–water partition coefficient (Wildman–Crippen LogP) is 3.69. The van der Waals surface area contributed by atoms with Crippen molar-refractivity contribution < 1.29 is 4.74 Å². The summed E-state index contributed by atoms with van der Waals surface area (Å²) in [4.78, 5) is 7.30. The van der Waals surface area contributed by atoms with Crippen molar-refractivity contribution in [3.63, 3.8) is 0 Å². The molecule has 1 atom stereocenters. The molecular weight excluding hydrogens is 262 g/mol. The Kier molecular flexibility index (Phi) is 5.81. The van der Waals surface area contributed by atoms with E-state index in [1.165, 1.54) is 5.56 Å². The van der Waals surface area contributed by atoms with Crippen LogP contribution in [-0.4, -0.2) is 16.6 Å². The van der Waals surface area contributed by atoms with Gasteiger partial charge in [-0.25, -0.2) is 4.98 Å². The van der Waals surface area contributed by atoms with Crippen LogP contribution in [0, 0.1) is 5.92 Å². The van der Waals surface area contributed by atoms with Crippen LogP contribution in [-0.2, 0) is 6.54 Å². The van der Waals surface area contributed by atoms with Gasteiger partial charge in [0.25, 0.3) is 0 Å². The van der Waals surface area contributed by atoms with Crippen LogP contribution in [0.25, 0.3) is 0 Å². The zero-order valence-corrected chi connectivity index (χ0v) is 13.1. The molecule has 0 bridgehead atoms. The van der Waals surface area contributed by atoms with Gasteiger partial charge in [-0.3, -0.25) is 0 Å².